The first-order valence-corrected chi connectivity index (χ1v) is 9.87. The first kappa shape index (κ1) is 22.6. The van der Waals surface area contributed by atoms with Crippen LogP contribution in [0.15, 0.2) is 60.8 Å². The van der Waals surface area contributed by atoms with E-state index in [2.05, 4.69) is 20.6 Å². The highest BCUT2D eigenvalue weighted by Gasteiger charge is 2.31. The fraction of sp³-hybridized carbons (Fsp3) is 0.0870. The molecular formula is C23H18F3N5O3. The molecule has 0 aliphatic rings. The van der Waals surface area contributed by atoms with Crippen LogP contribution in [0.2, 0.25) is 0 Å². The van der Waals surface area contributed by atoms with Gasteiger partial charge in [0.1, 0.15) is 17.3 Å². The molecule has 8 nitrogen and oxygen atoms in total. The smallest absolute Gasteiger partial charge is 0.416 e. The quantitative estimate of drug-likeness (QED) is 0.329. The number of aromatic amines is 1. The van der Waals surface area contributed by atoms with Gasteiger partial charge in [-0.05, 0) is 36.4 Å². The Balaban J connectivity index is 1.56. The number of fused-ring (bicyclic) bond motifs is 1. The highest BCUT2D eigenvalue weighted by Crippen LogP contribution is 2.35. The van der Waals surface area contributed by atoms with Crippen LogP contribution in [0.4, 0.5) is 29.5 Å². The van der Waals surface area contributed by atoms with Gasteiger partial charge in [0.25, 0.3) is 5.91 Å². The number of methoxy groups -OCH3 is 1. The Hall–Kier alpha value is -4.54. The largest absolute Gasteiger partial charge is 0.495 e. The van der Waals surface area contributed by atoms with E-state index >= 15 is 0 Å². The number of nitrogens with one attached hydrogen (secondary N) is 3. The van der Waals surface area contributed by atoms with Gasteiger partial charge in [0, 0.05) is 28.2 Å². The molecule has 0 saturated carbocycles. The standard InChI is InChI=1S/C23H18F3N5O3/c1-34-17-8-7-13(23(24,25)26)10-16(17)30-22(33)31-18-9-6-12(11-28-18)19-14-4-2-3-5-15(14)29-20(19)21(27)32/h2-11,29H,1H3,(H2,27,32)(H2,28,30,31,33). The number of nitrogens with two attached hydrogens (primary N) is 1. The molecule has 11 heteroatoms. The molecular weight excluding hydrogens is 451 g/mol. The van der Waals surface area contributed by atoms with Gasteiger partial charge in [0.15, 0.2) is 0 Å². The van der Waals surface area contributed by atoms with E-state index in [0.717, 1.165) is 29.1 Å². The predicted molar refractivity (Wildman–Crippen MR) is 121 cm³/mol. The summed E-state index contributed by atoms with van der Waals surface area (Å²) in [4.78, 5) is 31.5. The van der Waals surface area contributed by atoms with Crippen LogP contribution in [0.1, 0.15) is 16.1 Å². The number of alkyl halides is 3. The van der Waals surface area contributed by atoms with E-state index < -0.39 is 23.7 Å². The Morgan fingerprint density at radius 3 is 2.47 bits per heavy atom. The zero-order chi connectivity index (χ0) is 24.5. The van der Waals surface area contributed by atoms with Crippen molar-refractivity contribution >= 4 is 34.3 Å². The van der Waals surface area contributed by atoms with Crippen molar-refractivity contribution < 1.29 is 27.5 Å². The molecule has 3 amide bonds. The number of anilines is 2. The molecule has 0 fully saturated rings. The first-order valence-electron chi connectivity index (χ1n) is 9.87. The number of pyridine rings is 1. The minimum atomic E-state index is -4.58. The van der Waals surface area contributed by atoms with Crippen molar-refractivity contribution in [3.05, 3.63) is 72.1 Å². The summed E-state index contributed by atoms with van der Waals surface area (Å²) in [6, 6.07) is 12.3. The lowest BCUT2D eigenvalue weighted by Gasteiger charge is -2.14. The van der Waals surface area contributed by atoms with E-state index in [4.69, 9.17) is 10.5 Å². The molecule has 0 atom stereocenters. The minimum Gasteiger partial charge on any atom is -0.495 e. The maximum atomic E-state index is 13.0. The Bertz CT molecular complexity index is 1380. The summed E-state index contributed by atoms with van der Waals surface area (Å²) in [5.74, 6) is -0.444. The molecule has 0 saturated heterocycles. The molecule has 2 aromatic heterocycles. The maximum Gasteiger partial charge on any atom is 0.416 e. The van der Waals surface area contributed by atoms with Crippen molar-refractivity contribution in [3.63, 3.8) is 0 Å². The zero-order valence-corrected chi connectivity index (χ0v) is 17.7. The number of para-hydroxylation sites is 1. The third-order valence-corrected chi connectivity index (χ3v) is 5.02. The van der Waals surface area contributed by atoms with Crippen LogP contribution in [-0.2, 0) is 6.18 Å². The second-order valence-corrected chi connectivity index (χ2v) is 7.21. The molecule has 0 bridgehead atoms. The van der Waals surface area contributed by atoms with Crippen molar-refractivity contribution in [3.8, 4) is 16.9 Å². The van der Waals surface area contributed by atoms with E-state index in [-0.39, 0.29) is 22.9 Å². The summed E-state index contributed by atoms with van der Waals surface area (Å²) in [7, 11) is 1.27. The van der Waals surface area contributed by atoms with Gasteiger partial charge in [-0.1, -0.05) is 18.2 Å². The van der Waals surface area contributed by atoms with E-state index in [9.17, 15) is 22.8 Å². The zero-order valence-electron chi connectivity index (χ0n) is 17.7. The molecule has 5 N–H and O–H groups in total. The lowest BCUT2D eigenvalue weighted by atomic mass is 10.0. The fourth-order valence-electron chi connectivity index (χ4n) is 3.49. The number of primary amides is 1. The van der Waals surface area contributed by atoms with Crippen molar-refractivity contribution in [2.45, 2.75) is 6.18 Å². The maximum absolute atomic E-state index is 13.0. The van der Waals surface area contributed by atoms with E-state index in [1.54, 1.807) is 12.1 Å². The second-order valence-electron chi connectivity index (χ2n) is 7.21. The number of H-pyrrole nitrogens is 1. The molecule has 2 aromatic carbocycles. The summed E-state index contributed by atoms with van der Waals surface area (Å²) >= 11 is 0. The summed E-state index contributed by atoms with van der Waals surface area (Å²) in [5.41, 5.74) is 6.51. The molecule has 174 valence electrons. The molecule has 4 rings (SSSR count). The number of aromatic nitrogens is 2. The molecule has 4 aromatic rings. The number of halogens is 3. The number of carbonyl (C=O) groups is 2. The summed E-state index contributed by atoms with van der Waals surface area (Å²) in [6.07, 6.45) is -3.13. The van der Waals surface area contributed by atoms with Gasteiger partial charge in [-0.2, -0.15) is 13.2 Å². The van der Waals surface area contributed by atoms with Gasteiger partial charge in [-0.25, -0.2) is 9.78 Å². The van der Waals surface area contributed by atoms with Crippen molar-refractivity contribution in [2.24, 2.45) is 5.73 Å². The Morgan fingerprint density at radius 2 is 1.82 bits per heavy atom. The summed E-state index contributed by atoms with van der Waals surface area (Å²) in [6.45, 7) is 0. The monoisotopic (exact) mass is 469 g/mol. The summed E-state index contributed by atoms with van der Waals surface area (Å²) in [5, 5.41) is 5.55. The Labute approximate surface area is 190 Å². The molecule has 0 radical (unpaired) electrons. The topological polar surface area (TPSA) is 122 Å². The highest BCUT2D eigenvalue weighted by atomic mass is 19.4. The van der Waals surface area contributed by atoms with Crippen LogP contribution in [0.25, 0.3) is 22.0 Å². The van der Waals surface area contributed by atoms with Crippen LogP contribution < -0.4 is 21.1 Å². The molecule has 2 heterocycles. The van der Waals surface area contributed by atoms with Crippen LogP contribution in [0.5, 0.6) is 5.75 Å². The lowest BCUT2D eigenvalue weighted by molar-refractivity contribution is -0.137. The van der Waals surface area contributed by atoms with Gasteiger partial charge < -0.3 is 20.8 Å². The number of hydrogen-bond acceptors (Lipinski definition) is 4. The molecule has 34 heavy (non-hydrogen) atoms. The second kappa shape index (κ2) is 8.77. The Morgan fingerprint density at radius 1 is 1.06 bits per heavy atom. The highest BCUT2D eigenvalue weighted by molar-refractivity contribution is 6.09. The van der Waals surface area contributed by atoms with Gasteiger partial charge in [0.05, 0.1) is 18.4 Å². The number of ether oxygens (including phenoxy) is 1. The average molecular weight is 469 g/mol. The van der Waals surface area contributed by atoms with E-state index in [1.165, 1.54) is 19.4 Å². The average Bonchev–Trinajstić information content (AvgIpc) is 3.19. The number of benzene rings is 2. The Kier molecular flexibility index (Phi) is 5.84. The van der Waals surface area contributed by atoms with Gasteiger partial charge in [-0.15, -0.1) is 0 Å². The van der Waals surface area contributed by atoms with Crippen LogP contribution in [-0.4, -0.2) is 29.0 Å². The van der Waals surface area contributed by atoms with Gasteiger partial charge in [0.2, 0.25) is 0 Å². The number of carbonyl (C=O) groups excluding carboxylic acids is 2. The van der Waals surface area contributed by atoms with Crippen molar-refractivity contribution in [1.29, 1.82) is 0 Å². The number of urea groups is 1. The first-order chi connectivity index (χ1) is 16.2. The predicted octanol–water partition coefficient (Wildman–Crippen LogP) is 5.00. The van der Waals surface area contributed by atoms with Crippen LogP contribution >= 0.6 is 0 Å². The molecule has 0 aliphatic heterocycles. The lowest BCUT2D eigenvalue weighted by Crippen LogP contribution is -2.21. The molecule has 0 spiro atoms. The number of hydrogen-bond donors (Lipinski definition) is 4. The SMILES string of the molecule is COc1ccc(C(F)(F)F)cc1NC(=O)Nc1ccc(-c2c(C(N)=O)[nH]c3ccccc23)cn1. The van der Waals surface area contributed by atoms with E-state index in [0.29, 0.717) is 11.1 Å². The summed E-state index contributed by atoms with van der Waals surface area (Å²) < 4.78 is 44.0. The third-order valence-electron chi connectivity index (χ3n) is 5.02. The van der Waals surface area contributed by atoms with Crippen molar-refractivity contribution in [1.82, 2.24) is 9.97 Å². The van der Waals surface area contributed by atoms with Crippen LogP contribution in [0, 0.1) is 0 Å². The molecule has 0 aliphatic carbocycles. The molecule has 0 unspecified atom stereocenters. The number of amides is 3. The normalized spacial score (nSPS) is 11.3. The van der Waals surface area contributed by atoms with Gasteiger partial charge in [-0.3, -0.25) is 10.1 Å². The van der Waals surface area contributed by atoms with E-state index in [1.807, 2.05) is 18.2 Å². The number of rotatable bonds is 5. The van der Waals surface area contributed by atoms with Gasteiger partial charge >= 0.3 is 12.2 Å². The van der Waals surface area contributed by atoms with Crippen molar-refractivity contribution in [2.75, 3.05) is 17.7 Å². The fourth-order valence-corrected chi connectivity index (χ4v) is 3.49. The third kappa shape index (κ3) is 4.49. The van der Waals surface area contributed by atoms with Crippen LogP contribution in [0.3, 0.4) is 0 Å². The minimum absolute atomic E-state index is 0.0600. The number of nitrogens with zero attached hydrogens (tertiary/aromatic N) is 1.